The number of hydrogen-bond donors (Lipinski definition) is 1. The summed E-state index contributed by atoms with van der Waals surface area (Å²) in [5, 5.41) is 6.13. The Labute approximate surface area is 162 Å². The van der Waals surface area contributed by atoms with Crippen molar-refractivity contribution in [2.24, 2.45) is 0 Å². The van der Waals surface area contributed by atoms with Crippen molar-refractivity contribution in [3.8, 4) is 10.6 Å². The molecule has 5 heteroatoms. The molecule has 26 heavy (non-hydrogen) atoms. The molecule has 1 amide bonds. The van der Waals surface area contributed by atoms with E-state index in [9.17, 15) is 4.79 Å². The number of para-hydroxylation sites is 1. The molecule has 0 unspecified atom stereocenters. The standard InChI is InChI=1S/C21H22N2OS2/c1-14-7-9-17(10-8-14)21-22-18(12-26-21)11-25-13-19(24)23-20-15(2)5-4-6-16(20)3/h4-10,12H,11,13H2,1-3H3,(H,23,24). The average Bonchev–Trinajstić information content (AvgIpc) is 3.08. The molecule has 0 spiro atoms. The first-order valence-corrected chi connectivity index (χ1v) is 10.5. The van der Waals surface area contributed by atoms with E-state index in [-0.39, 0.29) is 5.91 Å². The Morgan fingerprint density at radius 2 is 1.77 bits per heavy atom. The van der Waals surface area contributed by atoms with Crippen LogP contribution in [0.15, 0.2) is 47.8 Å². The van der Waals surface area contributed by atoms with E-state index in [1.807, 2.05) is 32.0 Å². The minimum absolute atomic E-state index is 0.0291. The van der Waals surface area contributed by atoms with Gasteiger partial charge < -0.3 is 5.32 Å². The van der Waals surface area contributed by atoms with E-state index in [0.717, 1.165) is 38.8 Å². The highest BCUT2D eigenvalue weighted by Gasteiger charge is 2.09. The van der Waals surface area contributed by atoms with Crippen LogP contribution in [0.3, 0.4) is 0 Å². The molecule has 1 heterocycles. The van der Waals surface area contributed by atoms with Crippen LogP contribution in [0.2, 0.25) is 0 Å². The zero-order valence-corrected chi connectivity index (χ0v) is 16.8. The lowest BCUT2D eigenvalue weighted by molar-refractivity contribution is -0.113. The number of carbonyl (C=O) groups is 1. The van der Waals surface area contributed by atoms with Gasteiger partial charge in [0.15, 0.2) is 0 Å². The molecule has 0 saturated heterocycles. The lowest BCUT2D eigenvalue weighted by atomic mass is 10.1. The molecule has 0 aliphatic carbocycles. The van der Waals surface area contributed by atoms with Crippen LogP contribution in [0.4, 0.5) is 5.69 Å². The van der Waals surface area contributed by atoms with E-state index in [2.05, 4.69) is 46.9 Å². The molecule has 0 bridgehead atoms. The quantitative estimate of drug-likeness (QED) is 0.603. The van der Waals surface area contributed by atoms with Crippen molar-refractivity contribution in [1.82, 2.24) is 4.98 Å². The first kappa shape index (κ1) is 18.7. The van der Waals surface area contributed by atoms with Gasteiger partial charge in [0.1, 0.15) is 5.01 Å². The maximum atomic E-state index is 12.2. The predicted octanol–water partition coefficient (Wildman–Crippen LogP) is 5.61. The van der Waals surface area contributed by atoms with Crippen molar-refractivity contribution in [2.75, 3.05) is 11.1 Å². The molecule has 0 fully saturated rings. The van der Waals surface area contributed by atoms with Crippen LogP contribution in [0.5, 0.6) is 0 Å². The smallest absolute Gasteiger partial charge is 0.234 e. The van der Waals surface area contributed by atoms with Gasteiger partial charge in [-0.3, -0.25) is 4.79 Å². The molecule has 3 aromatic rings. The van der Waals surface area contributed by atoms with Crippen molar-refractivity contribution in [2.45, 2.75) is 26.5 Å². The van der Waals surface area contributed by atoms with E-state index < -0.39 is 0 Å². The van der Waals surface area contributed by atoms with E-state index in [4.69, 9.17) is 0 Å². The number of carbonyl (C=O) groups excluding carboxylic acids is 1. The summed E-state index contributed by atoms with van der Waals surface area (Å²) in [6, 6.07) is 14.4. The largest absolute Gasteiger partial charge is 0.325 e. The third kappa shape index (κ3) is 4.74. The molecule has 2 aromatic carbocycles. The molecule has 3 nitrogen and oxygen atoms in total. The molecule has 0 aliphatic heterocycles. The monoisotopic (exact) mass is 382 g/mol. The maximum Gasteiger partial charge on any atom is 0.234 e. The van der Waals surface area contributed by atoms with Crippen molar-refractivity contribution in [3.63, 3.8) is 0 Å². The number of aromatic nitrogens is 1. The molecule has 134 valence electrons. The van der Waals surface area contributed by atoms with Crippen LogP contribution >= 0.6 is 23.1 Å². The Morgan fingerprint density at radius 3 is 2.46 bits per heavy atom. The Hall–Kier alpha value is -2.11. The van der Waals surface area contributed by atoms with Gasteiger partial charge in [-0.2, -0.15) is 0 Å². The number of thiazole rings is 1. The Morgan fingerprint density at radius 1 is 1.08 bits per heavy atom. The molecule has 1 aromatic heterocycles. The zero-order chi connectivity index (χ0) is 18.5. The number of rotatable bonds is 6. The Balaban J connectivity index is 1.52. The lowest BCUT2D eigenvalue weighted by Crippen LogP contribution is -2.15. The van der Waals surface area contributed by atoms with Gasteiger partial charge in [-0.05, 0) is 31.9 Å². The van der Waals surface area contributed by atoms with Crippen LogP contribution in [-0.4, -0.2) is 16.6 Å². The molecular formula is C21H22N2OS2. The van der Waals surface area contributed by atoms with Gasteiger partial charge >= 0.3 is 0 Å². The first-order chi connectivity index (χ1) is 12.5. The third-order valence-electron chi connectivity index (χ3n) is 4.08. The molecule has 0 saturated carbocycles. The summed E-state index contributed by atoms with van der Waals surface area (Å²) in [5.41, 5.74) is 6.51. The summed E-state index contributed by atoms with van der Waals surface area (Å²) in [7, 11) is 0. The number of amides is 1. The minimum Gasteiger partial charge on any atom is -0.325 e. The van der Waals surface area contributed by atoms with Crippen LogP contribution in [0, 0.1) is 20.8 Å². The fourth-order valence-corrected chi connectivity index (χ4v) is 4.29. The minimum atomic E-state index is 0.0291. The summed E-state index contributed by atoms with van der Waals surface area (Å²) >= 11 is 3.24. The highest BCUT2D eigenvalue weighted by molar-refractivity contribution is 7.99. The molecular weight excluding hydrogens is 360 g/mol. The first-order valence-electron chi connectivity index (χ1n) is 8.48. The summed E-state index contributed by atoms with van der Waals surface area (Å²) in [4.78, 5) is 16.9. The van der Waals surface area contributed by atoms with E-state index in [1.54, 1.807) is 23.1 Å². The van der Waals surface area contributed by atoms with E-state index >= 15 is 0 Å². The summed E-state index contributed by atoms with van der Waals surface area (Å²) in [5.74, 6) is 1.19. The van der Waals surface area contributed by atoms with Crippen LogP contribution < -0.4 is 5.32 Å². The van der Waals surface area contributed by atoms with Crippen LogP contribution in [-0.2, 0) is 10.5 Å². The average molecular weight is 383 g/mol. The van der Waals surface area contributed by atoms with Crippen molar-refractivity contribution >= 4 is 34.7 Å². The molecule has 3 rings (SSSR count). The van der Waals surface area contributed by atoms with Crippen molar-refractivity contribution in [3.05, 3.63) is 70.2 Å². The molecule has 0 aliphatic rings. The van der Waals surface area contributed by atoms with Gasteiger partial charge in [0.25, 0.3) is 0 Å². The molecule has 0 radical (unpaired) electrons. The summed E-state index contributed by atoms with van der Waals surface area (Å²) in [6.45, 7) is 6.10. The Kier molecular flexibility index (Phi) is 6.12. The van der Waals surface area contributed by atoms with Crippen molar-refractivity contribution in [1.29, 1.82) is 0 Å². The number of aryl methyl sites for hydroxylation is 3. The summed E-state index contributed by atoms with van der Waals surface area (Å²) < 4.78 is 0. The lowest BCUT2D eigenvalue weighted by Gasteiger charge is -2.11. The van der Waals surface area contributed by atoms with Gasteiger partial charge in [0.05, 0.1) is 11.4 Å². The number of nitrogens with one attached hydrogen (secondary N) is 1. The van der Waals surface area contributed by atoms with Crippen LogP contribution in [0.1, 0.15) is 22.4 Å². The van der Waals surface area contributed by atoms with Gasteiger partial charge in [-0.25, -0.2) is 4.98 Å². The second kappa shape index (κ2) is 8.52. The van der Waals surface area contributed by atoms with Gasteiger partial charge in [-0.1, -0.05) is 48.0 Å². The van der Waals surface area contributed by atoms with E-state index in [1.165, 1.54) is 5.56 Å². The highest BCUT2D eigenvalue weighted by atomic mass is 32.2. The van der Waals surface area contributed by atoms with Crippen molar-refractivity contribution < 1.29 is 4.79 Å². The normalized spacial score (nSPS) is 10.7. The number of hydrogen-bond acceptors (Lipinski definition) is 4. The molecule has 1 N–H and O–H groups in total. The van der Waals surface area contributed by atoms with E-state index in [0.29, 0.717) is 5.75 Å². The SMILES string of the molecule is Cc1ccc(-c2nc(CSCC(=O)Nc3c(C)cccc3C)cs2)cc1. The fraction of sp³-hybridized carbons (Fsp3) is 0.238. The second-order valence-electron chi connectivity index (χ2n) is 6.32. The predicted molar refractivity (Wildman–Crippen MR) is 113 cm³/mol. The highest BCUT2D eigenvalue weighted by Crippen LogP contribution is 2.26. The number of benzene rings is 2. The topological polar surface area (TPSA) is 42.0 Å². The Bertz CT molecular complexity index is 880. The van der Waals surface area contributed by atoms with Crippen LogP contribution in [0.25, 0.3) is 10.6 Å². The number of thioether (sulfide) groups is 1. The fourth-order valence-electron chi connectivity index (χ4n) is 2.64. The molecule has 0 atom stereocenters. The van der Waals surface area contributed by atoms with Gasteiger partial charge in [0, 0.05) is 22.4 Å². The second-order valence-corrected chi connectivity index (χ2v) is 8.16. The van der Waals surface area contributed by atoms with Gasteiger partial charge in [0.2, 0.25) is 5.91 Å². The number of anilines is 1. The zero-order valence-electron chi connectivity index (χ0n) is 15.2. The summed E-state index contributed by atoms with van der Waals surface area (Å²) in [6.07, 6.45) is 0. The van der Waals surface area contributed by atoms with Gasteiger partial charge in [-0.15, -0.1) is 23.1 Å². The maximum absolute atomic E-state index is 12.2. The third-order valence-corrected chi connectivity index (χ3v) is 5.99. The number of nitrogens with zero attached hydrogens (tertiary/aromatic N) is 1.